The molecule has 2 heterocycles. The fraction of sp³-hybridized carbons (Fsp3) is 0.556. The van der Waals surface area contributed by atoms with Crippen LogP contribution in [-0.4, -0.2) is 53.4 Å². The summed E-state index contributed by atoms with van der Waals surface area (Å²) in [6, 6.07) is 10.1. The quantitative estimate of drug-likeness (QED) is 0.764. The minimum atomic E-state index is 0.00201. The van der Waals surface area contributed by atoms with E-state index in [0.717, 1.165) is 31.6 Å². The maximum Gasteiger partial charge on any atom is 0.236 e. The highest BCUT2D eigenvalue weighted by Crippen LogP contribution is 2.25. The Morgan fingerprint density at radius 3 is 2.67 bits per heavy atom. The highest BCUT2D eigenvalue weighted by atomic mass is 16.2. The predicted octanol–water partition coefficient (Wildman–Crippen LogP) is 1.92. The summed E-state index contributed by atoms with van der Waals surface area (Å²) in [5.74, 6) is 0.363. The first-order chi connectivity index (χ1) is 11.7. The van der Waals surface area contributed by atoms with Crippen molar-refractivity contribution in [3.8, 4) is 12.1 Å². The average Bonchev–Trinajstić information content (AvgIpc) is 2.63. The van der Waals surface area contributed by atoms with Crippen LogP contribution >= 0.6 is 0 Å². The summed E-state index contributed by atoms with van der Waals surface area (Å²) in [5, 5.41) is 17.5. The third kappa shape index (κ3) is 5.33. The summed E-state index contributed by atoms with van der Waals surface area (Å²) in [6.45, 7) is 2.87. The number of likely N-dealkylation sites (tertiary alicyclic amines) is 1. The summed E-state index contributed by atoms with van der Waals surface area (Å²) in [7, 11) is 0. The van der Waals surface area contributed by atoms with E-state index < -0.39 is 0 Å². The van der Waals surface area contributed by atoms with E-state index in [-0.39, 0.29) is 5.91 Å². The van der Waals surface area contributed by atoms with Gasteiger partial charge in [0.2, 0.25) is 5.91 Å². The molecule has 1 amide bonds. The molecule has 0 aromatic carbocycles. The highest BCUT2D eigenvalue weighted by molar-refractivity contribution is 5.78. The lowest BCUT2D eigenvalue weighted by atomic mass is 9.94. The molecule has 1 aliphatic heterocycles. The number of amides is 1. The summed E-state index contributed by atoms with van der Waals surface area (Å²) < 4.78 is 0. The number of carbonyl (C=O) groups excluding carboxylic acids is 1. The Hall–Kier alpha value is -2.44. The first kappa shape index (κ1) is 17.9. The van der Waals surface area contributed by atoms with Gasteiger partial charge in [0.15, 0.2) is 0 Å². The van der Waals surface area contributed by atoms with E-state index in [2.05, 4.69) is 22.0 Å². The largest absolute Gasteiger partial charge is 0.340 e. The van der Waals surface area contributed by atoms with Crippen molar-refractivity contribution in [3.63, 3.8) is 0 Å². The van der Waals surface area contributed by atoms with Crippen molar-refractivity contribution < 1.29 is 4.79 Å². The molecule has 1 aliphatic rings. The standard InChI is InChI=1S/C18H23N5O/c19-8-4-12-23(13-5-9-20)18(24)15-22-11-3-6-16(14-22)17-7-1-2-10-21-17/h1-2,7,10,16H,3-6,11-15H2/t16-/m0/s1. The second kappa shape index (κ2) is 9.64. The first-order valence-corrected chi connectivity index (χ1v) is 8.39. The fourth-order valence-electron chi connectivity index (χ4n) is 3.08. The Labute approximate surface area is 143 Å². The Bertz CT molecular complexity index is 586. The van der Waals surface area contributed by atoms with Crippen LogP contribution in [0.5, 0.6) is 0 Å². The molecule has 0 bridgehead atoms. The lowest BCUT2D eigenvalue weighted by molar-refractivity contribution is -0.132. The summed E-state index contributed by atoms with van der Waals surface area (Å²) in [4.78, 5) is 20.8. The van der Waals surface area contributed by atoms with E-state index in [4.69, 9.17) is 10.5 Å². The van der Waals surface area contributed by atoms with E-state index >= 15 is 0 Å². The number of carbonyl (C=O) groups is 1. The van der Waals surface area contributed by atoms with E-state index in [1.807, 2.05) is 24.4 Å². The van der Waals surface area contributed by atoms with Crippen molar-refractivity contribution >= 4 is 5.91 Å². The van der Waals surface area contributed by atoms with Crippen LogP contribution in [0.3, 0.4) is 0 Å². The van der Waals surface area contributed by atoms with Crippen LogP contribution in [0.25, 0.3) is 0 Å². The molecule has 1 saturated heterocycles. The minimum absolute atomic E-state index is 0.00201. The van der Waals surface area contributed by atoms with Crippen molar-refractivity contribution in [2.45, 2.75) is 31.6 Å². The van der Waals surface area contributed by atoms with Crippen molar-refractivity contribution in [1.82, 2.24) is 14.8 Å². The molecule has 0 saturated carbocycles. The second-order valence-electron chi connectivity index (χ2n) is 6.03. The van der Waals surface area contributed by atoms with E-state index in [9.17, 15) is 4.79 Å². The zero-order valence-corrected chi connectivity index (χ0v) is 13.9. The third-order valence-electron chi connectivity index (χ3n) is 4.31. The Morgan fingerprint density at radius 2 is 2.04 bits per heavy atom. The highest BCUT2D eigenvalue weighted by Gasteiger charge is 2.25. The lowest BCUT2D eigenvalue weighted by Crippen LogP contribution is -2.44. The van der Waals surface area contributed by atoms with Gasteiger partial charge in [-0.15, -0.1) is 0 Å². The van der Waals surface area contributed by atoms with Gasteiger partial charge in [-0.25, -0.2) is 0 Å². The number of hydrogen-bond acceptors (Lipinski definition) is 5. The van der Waals surface area contributed by atoms with Gasteiger partial charge in [-0.05, 0) is 31.5 Å². The van der Waals surface area contributed by atoms with E-state index in [1.165, 1.54) is 0 Å². The monoisotopic (exact) mass is 325 g/mol. The maximum atomic E-state index is 12.5. The molecule has 1 fully saturated rings. The first-order valence-electron chi connectivity index (χ1n) is 8.39. The van der Waals surface area contributed by atoms with E-state index in [0.29, 0.717) is 38.4 Å². The molecule has 24 heavy (non-hydrogen) atoms. The molecular formula is C18H23N5O. The summed E-state index contributed by atoms with van der Waals surface area (Å²) >= 11 is 0. The molecule has 1 atom stereocenters. The average molecular weight is 325 g/mol. The second-order valence-corrected chi connectivity index (χ2v) is 6.03. The van der Waals surface area contributed by atoms with Crippen LogP contribution in [0, 0.1) is 22.7 Å². The molecule has 0 radical (unpaired) electrons. The number of hydrogen-bond donors (Lipinski definition) is 0. The number of piperidine rings is 1. The van der Waals surface area contributed by atoms with Crippen molar-refractivity contribution in [2.24, 2.45) is 0 Å². The molecule has 2 rings (SSSR count). The normalized spacial score (nSPS) is 17.7. The van der Waals surface area contributed by atoms with Crippen LogP contribution in [0.1, 0.15) is 37.3 Å². The Kier molecular flexibility index (Phi) is 7.20. The van der Waals surface area contributed by atoms with Gasteiger partial charge < -0.3 is 4.90 Å². The zero-order chi connectivity index (χ0) is 17.2. The van der Waals surface area contributed by atoms with Gasteiger partial charge in [0.25, 0.3) is 0 Å². The van der Waals surface area contributed by atoms with E-state index in [1.54, 1.807) is 4.90 Å². The maximum absolute atomic E-state index is 12.5. The molecule has 6 nitrogen and oxygen atoms in total. The van der Waals surface area contributed by atoms with Gasteiger partial charge in [0, 0.05) is 37.4 Å². The molecule has 0 N–H and O–H groups in total. The van der Waals surface area contributed by atoms with Crippen LogP contribution in [-0.2, 0) is 4.79 Å². The summed E-state index contributed by atoms with van der Waals surface area (Å²) in [6.07, 6.45) is 4.55. The molecule has 126 valence electrons. The molecule has 0 spiro atoms. The molecule has 0 aliphatic carbocycles. The fourth-order valence-corrected chi connectivity index (χ4v) is 3.08. The van der Waals surface area contributed by atoms with Crippen molar-refractivity contribution in [3.05, 3.63) is 30.1 Å². The third-order valence-corrected chi connectivity index (χ3v) is 4.31. The van der Waals surface area contributed by atoms with Gasteiger partial charge in [0.05, 0.1) is 31.5 Å². The molecule has 6 heteroatoms. The smallest absolute Gasteiger partial charge is 0.236 e. The topological polar surface area (TPSA) is 84.0 Å². The van der Waals surface area contributed by atoms with Crippen molar-refractivity contribution in [2.75, 3.05) is 32.7 Å². The van der Waals surface area contributed by atoms with Gasteiger partial charge >= 0.3 is 0 Å². The van der Waals surface area contributed by atoms with Crippen LogP contribution in [0.15, 0.2) is 24.4 Å². The Balaban J connectivity index is 1.91. The predicted molar refractivity (Wildman–Crippen MR) is 89.7 cm³/mol. The number of aromatic nitrogens is 1. The molecule has 1 aromatic heterocycles. The number of pyridine rings is 1. The van der Waals surface area contributed by atoms with Gasteiger partial charge in [-0.2, -0.15) is 10.5 Å². The van der Waals surface area contributed by atoms with Crippen molar-refractivity contribution in [1.29, 1.82) is 10.5 Å². The molecular weight excluding hydrogens is 302 g/mol. The number of nitriles is 2. The van der Waals surface area contributed by atoms with Gasteiger partial charge in [-0.1, -0.05) is 6.07 Å². The zero-order valence-electron chi connectivity index (χ0n) is 13.9. The number of nitrogens with zero attached hydrogens (tertiary/aromatic N) is 5. The summed E-state index contributed by atoms with van der Waals surface area (Å²) in [5.41, 5.74) is 1.08. The molecule has 1 aromatic rings. The minimum Gasteiger partial charge on any atom is -0.340 e. The lowest BCUT2D eigenvalue weighted by Gasteiger charge is -2.33. The Morgan fingerprint density at radius 1 is 1.29 bits per heavy atom. The van der Waals surface area contributed by atoms with Gasteiger partial charge in [-0.3, -0.25) is 14.7 Å². The van der Waals surface area contributed by atoms with Crippen LogP contribution in [0.4, 0.5) is 0 Å². The SMILES string of the molecule is N#CCCN(CCC#N)C(=O)CN1CCC[C@H](c2ccccn2)C1. The van der Waals surface area contributed by atoms with Crippen LogP contribution < -0.4 is 0 Å². The number of rotatable bonds is 7. The van der Waals surface area contributed by atoms with Gasteiger partial charge in [0.1, 0.15) is 0 Å². The molecule has 0 unspecified atom stereocenters. The van der Waals surface area contributed by atoms with Crippen LogP contribution in [0.2, 0.25) is 0 Å².